The zero-order valence-electron chi connectivity index (χ0n) is 8.28. The van der Waals surface area contributed by atoms with E-state index in [0.717, 1.165) is 5.75 Å². The topological polar surface area (TPSA) is 68.3 Å². The lowest BCUT2D eigenvalue weighted by Gasteiger charge is -2.12. The summed E-state index contributed by atoms with van der Waals surface area (Å²) >= 11 is 0. The molecule has 4 nitrogen and oxygen atoms in total. The molecule has 0 amide bonds. The highest BCUT2D eigenvalue weighted by Gasteiger charge is 2.06. The Morgan fingerprint density at radius 2 is 1.79 bits per heavy atom. The average molecular weight is 194 g/mol. The molecule has 14 heavy (non-hydrogen) atoms. The summed E-state index contributed by atoms with van der Waals surface area (Å²) in [6, 6.07) is 7.14. The third kappa shape index (κ3) is 2.65. The lowest BCUT2D eigenvalue weighted by atomic mass is 10.3. The van der Waals surface area contributed by atoms with Crippen LogP contribution < -0.4 is 15.2 Å². The first-order valence-electron chi connectivity index (χ1n) is 4.28. The molecule has 0 saturated heterocycles. The van der Waals surface area contributed by atoms with Crippen molar-refractivity contribution in [1.82, 2.24) is 0 Å². The van der Waals surface area contributed by atoms with Crippen LogP contribution in [0.15, 0.2) is 24.3 Å². The highest BCUT2D eigenvalue weighted by atomic mass is 16.5. The fourth-order valence-corrected chi connectivity index (χ4v) is 0.922. The number of hydrogen-bond donors (Lipinski definition) is 2. The molecule has 0 fully saturated rings. The van der Waals surface area contributed by atoms with Gasteiger partial charge in [0.1, 0.15) is 17.3 Å². The van der Waals surface area contributed by atoms with E-state index in [2.05, 4.69) is 0 Å². The van der Waals surface area contributed by atoms with Gasteiger partial charge >= 0.3 is 0 Å². The van der Waals surface area contributed by atoms with Crippen molar-refractivity contribution in [3.05, 3.63) is 24.3 Å². The van der Waals surface area contributed by atoms with Gasteiger partial charge in [-0.05, 0) is 31.2 Å². The van der Waals surface area contributed by atoms with Gasteiger partial charge in [0.15, 0.2) is 6.10 Å². The minimum atomic E-state index is -0.400. The van der Waals surface area contributed by atoms with Crippen LogP contribution in [0.4, 0.5) is 0 Å². The van der Waals surface area contributed by atoms with Crippen molar-refractivity contribution >= 4 is 5.84 Å². The van der Waals surface area contributed by atoms with Crippen LogP contribution in [0.2, 0.25) is 0 Å². The first-order chi connectivity index (χ1) is 6.63. The van der Waals surface area contributed by atoms with Gasteiger partial charge in [0.25, 0.3) is 0 Å². The molecule has 0 aliphatic heterocycles. The van der Waals surface area contributed by atoms with Crippen molar-refractivity contribution in [2.75, 3.05) is 7.11 Å². The summed E-state index contributed by atoms with van der Waals surface area (Å²) in [6.07, 6.45) is -0.400. The number of benzene rings is 1. The van der Waals surface area contributed by atoms with Gasteiger partial charge in [0.05, 0.1) is 7.11 Å². The van der Waals surface area contributed by atoms with Crippen molar-refractivity contribution in [1.29, 1.82) is 5.41 Å². The second-order valence-corrected chi connectivity index (χ2v) is 2.89. The molecular weight excluding hydrogens is 180 g/mol. The minimum Gasteiger partial charge on any atom is -0.497 e. The number of amidine groups is 1. The smallest absolute Gasteiger partial charge is 0.152 e. The molecule has 1 rings (SSSR count). The summed E-state index contributed by atoms with van der Waals surface area (Å²) < 4.78 is 10.4. The predicted octanol–water partition coefficient (Wildman–Crippen LogP) is 1.40. The number of nitrogens with one attached hydrogen (secondary N) is 1. The standard InChI is InChI=1S/C10H14N2O2/c1-7(10(11)12)14-9-5-3-8(13-2)4-6-9/h3-7H,1-2H3,(H3,11,12). The van der Waals surface area contributed by atoms with Crippen LogP contribution in [0.1, 0.15) is 6.92 Å². The van der Waals surface area contributed by atoms with Gasteiger partial charge in [-0.1, -0.05) is 0 Å². The SMILES string of the molecule is COc1ccc(OC(C)C(=N)N)cc1. The van der Waals surface area contributed by atoms with Crippen molar-refractivity contribution in [2.45, 2.75) is 13.0 Å². The normalized spacial score (nSPS) is 11.9. The Labute approximate surface area is 83.1 Å². The molecule has 0 bridgehead atoms. The first kappa shape index (κ1) is 10.4. The van der Waals surface area contributed by atoms with Crippen LogP contribution in [-0.2, 0) is 0 Å². The van der Waals surface area contributed by atoms with Crippen LogP contribution in [0.3, 0.4) is 0 Å². The second-order valence-electron chi connectivity index (χ2n) is 2.89. The Kier molecular flexibility index (Phi) is 3.34. The van der Waals surface area contributed by atoms with Crippen LogP contribution in [-0.4, -0.2) is 19.0 Å². The minimum absolute atomic E-state index is 0.0146. The van der Waals surface area contributed by atoms with Gasteiger partial charge < -0.3 is 15.2 Å². The molecule has 0 aromatic heterocycles. The highest BCUT2D eigenvalue weighted by Crippen LogP contribution is 2.17. The Balaban J connectivity index is 2.64. The largest absolute Gasteiger partial charge is 0.497 e. The monoisotopic (exact) mass is 194 g/mol. The van der Waals surface area contributed by atoms with Gasteiger partial charge in [0, 0.05) is 0 Å². The van der Waals surface area contributed by atoms with Gasteiger partial charge in [0.2, 0.25) is 0 Å². The number of nitrogens with two attached hydrogens (primary N) is 1. The first-order valence-corrected chi connectivity index (χ1v) is 4.28. The highest BCUT2D eigenvalue weighted by molar-refractivity contribution is 5.81. The van der Waals surface area contributed by atoms with Gasteiger partial charge in [-0.15, -0.1) is 0 Å². The second kappa shape index (κ2) is 4.50. The maximum atomic E-state index is 7.16. The molecule has 0 saturated carbocycles. The van der Waals surface area contributed by atoms with Crippen LogP contribution in [0, 0.1) is 5.41 Å². The van der Waals surface area contributed by atoms with Gasteiger partial charge in [-0.2, -0.15) is 0 Å². The number of hydrogen-bond acceptors (Lipinski definition) is 3. The van der Waals surface area contributed by atoms with Crippen LogP contribution >= 0.6 is 0 Å². The predicted molar refractivity (Wildman–Crippen MR) is 55.0 cm³/mol. The molecule has 1 atom stereocenters. The van der Waals surface area contributed by atoms with E-state index < -0.39 is 6.10 Å². The Morgan fingerprint density at radius 3 is 2.21 bits per heavy atom. The summed E-state index contributed by atoms with van der Waals surface area (Å²) in [4.78, 5) is 0. The summed E-state index contributed by atoms with van der Waals surface area (Å²) in [6.45, 7) is 1.73. The van der Waals surface area contributed by atoms with E-state index in [4.69, 9.17) is 20.6 Å². The zero-order valence-corrected chi connectivity index (χ0v) is 8.28. The molecule has 0 aliphatic rings. The van der Waals surface area contributed by atoms with E-state index in [-0.39, 0.29) is 5.84 Å². The average Bonchev–Trinajstić information content (AvgIpc) is 2.19. The molecule has 76 valence electrons. The molecule has 0 radical (unpaired) electrons. The van der Waals surface area contributed by atoms with E-state index in [0.29, 0.717) is 5.75 Å². The van der Waals surface area contributed by atoms with Gasteiger partial charge in [-0.3, -0.25) is 5.41 Å². The maximum Gasteiger partial charge on any atom is 0.152 e. The van der Waals surface area contributed by atoms with E-state index in [1.807, 2.05) is 0 Å². The maximum absolute atomic E-state index is 7.16. The summed E-state index contributed by atoms with van der Waals surface area (Å²) in [5, 5.41) is 7.16. The van der Waals surface area contributed by atoms with Gasteiger partial charge in [-0.25, -0.2) is 0 Å². The number of methoxy groups -OCH3 is 1. The van der Waals surface area contributed by atoms with E-state index in [1.54, 1.807) is 38.3 Å². The molecule has 0 aliphatic carbocycles. The number of ether oxygens (including phenoxy) is 2. The lowest BCUT2D eigenvalue weighted by Crippen LogP contribution is -2.29. The van der Waals surface area contributed by atoms with Crippen molar-refractivity contribution in [3.63, 3.8) is 0 Å². The Hall–Kier alpha value is -1.71. The van der Waals surface area contributed by atoms with Crippen molar-refractivity contribution in [2.24, 2.45) is 5.73 Å². The molecule has 0 heterocycles. The summed E-state index contributed by atoms with van der Waals surface area (Å²) in [5.41, 5.74) is 5.27. The molecule has 4 heteroatoms. The van der Waals surface area contributed by atoms with E-state index >= 15 is 0 Å². The molecule has 1 aromatic carbocycles. The molecule has 1 unspecified atom stereocenters. The fourth-order valence-electron chi connectivity index (χ4n) is 0.922. The Bertz CT molecular complexity index is 308. The van der Waals surface area contributed by atoms with E-state index in [1.165, 1.54) is 0 Å². The lowest BCUT2D eigenvalue weighted by molar-refractivity contribution is 0.284. The Morgan fingerprint density at radius 1 is 1.29 bits per heavy atom. The molecule has 0 spiro atoms. The van der Waals surface area contributed by atoms with E-state index in [9.17, 15) is 0 Å². The van der Waals surface area contributed by atoms with Crippen LogP contribution in [0.25, 0.3) is 0 Å². The molecule has 1 aromatic rings. The van der Waals surface area contributed by atoms with Crippen molar-refractivity contribution < 1.29 is 9.47 Å². The fraction of sp³-hybridized carbons (Fsp3) is 0.300. The quantitative estimate of drug-likeness (QED) is 0.562. The summed E-state index contributed by atoms with van der Waals surface area (Å²) in [7, 11) is 1.61. The molecular formula is C10H14N2O2. The third-order valence-corrected chi connectivity index (χ3v) is 1.81. The van der Waals surface area contributed by atoms with Crippen molar-refractivity contribution in [3.8, 4) is 11.5 Å². The number of rotatable bonds is 4. The zero-order chi connectivity index (χ0) is 10.6. The molecule has 3 N–H and O–H groups in total. The summed E-state index contributed by atoms with van der Waals surface area (Å²) in [5.74, 6) is 1.46. The van der Waals surface area contributed by atoms with Crippen LogP contribution in [0.5, 0.6) is 11.5 Å². The third-order valence-electron chi connectivity index (χ3n) is 1.81.